The van der Waals surface area contributed by atoms with Crippen LogP contribution in [0.3, 0.4) is 0 Å². The van der Waals surface area contributed by atoms with Gasteiger partial charge < -0.3 is 10.2 Å². The lowest BCUT2D eigenvalue weighted by Gasteiger charge is -2.45. The zero-order valence-corrected chi connectivity index (χ0v) is 13.0. The van der Waals surface area contributed by atoms with Gasteiger partial charge in [0.1, 0.15) is 0 Å². The lowest BCUT2D eigenvalue weighted by atomic mass is 9.57. The summed E-state index contributed by atoms with van der Waals surface area (Å²) in [5.74, 6) is -1.41. The van der Waals surface area contributed by atoms with Crippen molar-refractivity contribution in [1.82, 2.24) is 0 Å². The van der Waals surface area contributed by atoms with Crippen LogP contribution in [-0.4, -0.2) is 22.2 Å². The Morgan fingerprint density at radius 1 is 0.947 bits per heavy atom. The molecule has 0 aliphatic carbocycles. The Balaban J connectivity index is 5.60. The van der Waals surface area contributed by atoms with Crippen molar-refractivity contribution in [3.05, 3.63) is 0 Å². The van der Waals surface area contributed by atoms with Crippen LogP contribution in [-0.2, 0) is 9.59 Å². The average molecular weight is 272 g/mol. The van der Waals surface area contributed by atoms with Gasteiger partial charge in [0, 0.05) is 0 Å². The van der Waals surface area contributed by atoms with Gasteiger partial charge in [0.15, 0.2) is 0 Å². The van der Waals surface area contributed by atoms with E-state index in [2.05, 4.69) is 0 Å². The molecule has 0 fully saturated rings. The number of hydrogen-bond donors (Lipinski definition) is 2. The van der Waals surface area contributed by atoms with Gasteiger partial charge in [0.2, 0.25) is 0 Å². The summed E-state index contributed by atoms with van der Waals surface area (Å²) in [5.41, 5.74) is -1.77. The summed E-state index contributed by atoms with van der Waals surface area (Å²) in [6.45, 7) is 11.7. The summed E-state index contributed by atoms with van der Waals surface area (Å²) < 4.78 is 0. The molecule has 1 atom stereocenters. The molecule has 0 bridgehead atoms. The van der Waals surface area contributed by atoms with Crippen LogP contribution in [0.25, 0.3) is 0 Å². The summed E-state index contributed by atoms with van der Waals surface area (Å²) in [6, 6.07) is 0. The van der Waals surface area contributed by atoms with E-state index < -0.39 is 22.8 Å². The molecule has 1 unspecified atom stereocenters. The van der Waals surface area contributed by atoms with Crippen LogP contribution in [0.15, 0.2) is 0 Å². The minimum absolute atomic E-state index is 0.330. The minimum atomic E-state index is -1.24. The third kappa shape index (κ3) is 4.51. The Morgan fingerprint density at radius 2 is 1.32 bits per heavy atom. The normalized spacial score (nSPS) is 15.6. The molecule has 0 radical (unpaired) electrons. The van der Waals surface area contributed by atoms with Crippen LogP contribution >= 0.6 is 0 Å². The molecular weight excluding hydrogens is 244 g/mol. The maximum Gasteiger partial charge on any atom is 0.310 e. The first-order valence-electron chi connectivity index (χ1n) is 6.90. The number of rotatable bonds is 8. The van der Waals surface area contributed by atoms with Gasteiger partial charge in [0.05, 0.1) is 11.8 Å². The molecule has 0 rings (SSSR count). The monoisotopic (exact) mass is 272 g/mol. The van der Waals surface area contributed by atoms with Crippen molar-refractivity contribution in [2.45, 2.75) is 60.8 Å². The van der Waals surface area contributed by atoms with Crippen molar-refractivity contribution in [2.24, 2.45) is 22.7 Å². The highest BCUT2D eigenvalue weighted by molar-refractivity contribution is 5.82. The number of aliphatic carboxylic acids is 2. The second kappa shape index (κ2) is 6.40. The second-order valence-electron chi connectivity index (χ2n) is 6.96. The topological polar surface area (TPSA) is 74.6 Å². The highest BCUT2D eigenvalue weighted by Gasteiger charge is 2.51. The molecule has 0 aromatic heterocycles. The molecule has 0 heterocycles. The third-order valence-corrected chi connectivity index (χ3v) is 4.03. The molecule has 0 amide bonds. The standard InChI is InChI=1S/C15H28O4/c1-10(2)7-14(5,8-11(3)4)15(6,13(18)19)9-12(16)17/h10-11H,7-9H2,1-6H3,(H,16,17)(H,18,19). The first-order chi connectivity index (χ1) is 8.44. The number of carboxylic acids is 2. The summed E-state index contributed by atoms with van der Waals surface area (Å²) >= 11 is 0. The highest BCUT2D eigenvalue weighted by atomic mass is 16.4. The smallest absolute Gasteiger partial charge is 0.310 e. The van der Waals surface area contributed by atoms with Crippen LogP contribution in [0, 0.1) is 22.7 Å². The molecule has 0 aromatic rings. The molecule has 0 saturated carbocycles. The molecule has 19 heavy (non-hydrogen) atoms. The van der Waals surface area contributed by atoms with E-state index in [1.54, 1.807) is 6.92 Å². The van der Waals surface area contributed by atoms with Gasteiger partial charge in [0.25, 0.3) is 0 Å². The maximum absolute atomic E-state index is 11.7. The van der Waals surface area contributed by atoms with E-state index in [0.717, 1.165) is 0 Å². The van der Waals surface area contributed by atoms with E-state index in [1.807, 2.05) is 34.6 Å². The Labute approximate surface area is 116 Å². The third-order valence-electron chi connectivity index (χ3n) is 4.03. The molecule has 0 saturated heterocycles. The van der Waals surface area contributed by atoms with Gasteiger partial charge in [-0.3, -0.25) is 9.59 Å². The highest BCUT2D eigenvalue weighted by Crippen LogP contribution is 2.50. The van der Waals surface area contributed by atoms with Crippen LogP contribution in [0.5, 0.6) is 0 Å². The van der Waals surface area contributed by atoms with Crippen molar-refractivity contribution in [3.8, 4) is 0 Å². The quantitative estimate of drug-likeness (QED) is 0.707. The van der Waals surface area contributed by atoms with E-state index >= 15 is 0 Å². The minimum Gasteiger partial charge on any atom is -0.481 e. The Hall–Kier alpha value is -1.06. The first-order valence-corrected chi connectivity index (χ1v) is 6.90. The Morgan fingerprint density at radius 3 is 1.53 bits per heavy atom. The molecule has 0 aliphatic heterocycles. The fourth-order valence-electron chi connectivity index (χ4n) is 3.19. The molecule has 0 spiro atoms. The van der Waals surface area contributed by atoms with E-state index in [4.69, 9.17) is 5.11 Å². The van der Waals surface area contributed by atoms with Crippen LogP contribution < -0.4 is 0 Å². The Kier molecular flexibility index (Phi) is 6.04. The van der Waals surface area contributed by atoms with Crippen LogP contribution in [0.4, 0.5) is 0 Å². The average Bonchev–Trinajstić information content (AvgIpc) is 2.12. The zero-order valence-electron chi connectivity index (χ0n) is 13.0. The number of carboxylic acid groups (broad SMARTS) is 2. The van der Waals surface area contributed by atoms with Crippen LogP contribution in [0.2, 0.25) is 0 Å². The van der Waals surface area contributed by atoms with Gasteiger partial charge in [-0.15, -0.1) is 0 Å². The Bertz CT molecular complexity index is 323. The second-order valence-corrected chi connectivity index (χ2v) is 6.96. The van der Waals surface area contributed by atoms with Gasteiger partial charge in [-0.05, 0) is 37.0 Å². The maximum atomic E-state index is 11.7. The van der Waals surface area contributed by atoms with Gasteiger partial charge in [-0.2, -0.15) is 0 Å². The molecule has 0 aromatic carbocycles. The molecular formula is C15H28O4. The van der Waals surface area contributed by atoms with Gasteiger partial charge in [-0.25, -0.2) is 0 Å². The van der Waals surface area contributed by atoms with Crippen LogP contribution in [0.1, 0.15) is 60.8 Å². The molecule has 4 nitrogen and oxygen atoms in total. The van der Waals surface area contributed by atoms with Crippen molar-refractivity contribution < 1.29 is 19.8 Å². The molecule has 2 N–H and O–H groups in total. The lowest BCUT2D eigenvalue weighted by molar-refractivity contribution is -0.165. The van der Waals surface area contributed by atoms with Gasteiger partial charge >= 0.3 is 11.9 Å². The molecule has 112 valence electrons. The molecule has 0 aliphatic rings. The fourth-order valence-corrected chi connectivity index (χ4v) is 3.19. The largest absolute Gasteiger partial charge is 0.481 e. The van der Waals surface area contributed by atoms with Crippen molar-refractivity contribution >= 4 is 11.9 Å². The zero-order chi connectivity index (χ0) is 15.4. The number of carbonyl (C=O) groups is 2. The summed E-state index contributed by atoms with van der Waals surface area (Å²) in [6.07, 6.45) is 1.08. The van der Waals surface area contributed by atoms with Crippen molar-refractivity contribution in [1.29, 1.82) is 0 Å². The predicted octanol–water partition coefficient (Wildman–Crippen LogP) is 3.65. The summed E-state index contributed by atoms with van der Waals surface area (Å²) in [4.78, 5) is 22.8. The summed E-state index contributed by atoms with van der Waals surface area (Å²) in [5, 5.41) is 18.6. The van der Waals surface area contributed by atoms with Gasteiger partial charge in [-0.1, -0.05) is 34.6 Å². The fraction of sp³-hybridized carbons (Fsp3) is 0.867. The predicted molar refractivity (Wildman–Crippen MR) is 75.0 cm³/mol. The van der Waals surface area contributed by atoms with E-state index in [0.29, 0.717) is 24.7 Å². The van der Waals surface area contributed by atoms with E-state index in [-0.39, 0.29) is 6.42 Å². The van der Waals surface area contributed by atoms with Crippen molar-refractivity contribution in [3.63, 3.8) is 0 Å². The summed E-state index contributed by atoms with van der Waals surface area (Å²) in [7, 11) is 0. The van der Waals surface area contributed by atoms with Crippen molar-refractivity contribution in [2.75, 3.05) is 0 Å². The van der Waals surface area contributed by atoms with E-state index in [9.17, 15) is 14.7 Å². The first kappa shape index (κ1) is 17.9. The SMILES string of the molecule is CC(C)CC(C)(CC(C)C)C(C)(CC(=O)O)C(=O)O. The molecule has 4 heteroatoms. The number of hydrogen-bond acceptors (Lipinski definition) is 2. The van der Waals surface area contributed by atoms with E-state index in [1.165, 1.54) is 0 Å². The lowest BCUT2D eigenvalue weighted by Crippen LogP contribution is -2.47.